The highest BCUT2D eigenvalue weighted by molar-refractivity contribution is 6.02. The van der Waals surface area contributed by atoms with E-state index in [9.17, 15) is 9.65 Å². The highest BCUT2D eigenvalue weighted by Crippen LogP contribution is 2.38. The summed E-state index contributed by atoms with van der Waals surface area (Å²) in [7, 11) is 0. The molecule has 0 saturated carbocycles. The lowest BCUT2D eigenvalue weighted by Crippen LogP contribution is -2.54. The lowest BCUT2D eigenvalue weighted by atomic mass is 10.0. The highest BCUT2D eigenvalue weighted by atomic mass is 19.1. The Balaban J connectivity index is 1.77. The molecule has 1 fully saturated rings. The maximum absolute atomic E-state index is 15.0. The molecule has 1 N–H and O–H groups in total. The summed E-state index contributed by atoms with van der Waals surface area (Å²) in [6.45, 7) is 0.449. The van der Waals surface area contributed by atoms with Crippen LogP contribution in [0.1, 0.15) is 23.5 Å². The fourth-order valence-corrected chi connectivity index (χ4v) is 4.10. The van der Waals surface area contributed by atoms with Crippen LogP contribution in [-0.2, 0) is 0 Å². The Hall–Kier alpha value is -3.83. The zero-order chi connectivity index (χ0) is 24.7. The third kappa shape index (κ3) is 3.37. The Kier molecular flexibility index (Phi) is 4.21. The number of piperazine rings is 1. The molecule has 0 aliphatic carbocycles. The fourth-order valence-electron chi connectivity index (χ4n) is 4.10. The number of halogens is 1. The largest absolute Gasteiger partial charge is 0.350 e. The van der Waals surface area contributed by atoms with Crippen molar-refractivity contribution in [2.45, 2.75) is 25.9 Å². The van der Waals surface area contributed by atoms with Crippen molar-refractivity contribution in [1.82, 2.24) is 24.8 Å². The van der Waals surface area contributed by atoms with E-state index in [1.54, 1.807) is 41.1 Å². The summed E-state index contributed by atoms with van der Waals surface area (Å²) in [6.07, 6.45) is 4.68. The summed E-state index contributed by atoms with van der Waals surface area (Å²) in [4.78, 5) is 15.4. The molecule has 0 radical (unpaired) electrons. The minimum Gasteiger partial charge on any atom is -0.350 e. The number of anilines is 1. The van der Waals surface area contributed by atoms with E-state index in [-0.39, 0.29) is 12.6 Å². The van der Waals surface area contributed by atoms with Gasteiger partial charge in [-0.25, -0.2) is 19.3 Å². The second-order valence-electron chi connectivity index (χ2n) is 7.77. The van der Waals surface area contributed by atoms with E-state index in [1.807, 2.05) is 11.8 Å². The second-order valence-corrected chi connectivity index (χ2v) is 7.77. The van der Waals surface area contributed by atoms with Gasteiger partial charge in [-0.2, -0.15) is 5.26 Å². The molecule has 0 amide bonds. The van der Waals surface area contributed by atoms with Gasteiger partial charge in [-0.1, -0.05) is 18.2 Å². The van der Waals surface area contributed by atoms with Gasteiger partial charge in [-0.15, -0.1) is 0 Å². The van der Waals surface area contributed by atoms with Crippen LogP contribution in [0.15, 0.2) is 55.1 Å². The molecule has 4 aromatic rings. The van der Waals surface area contributed by atoms with Crippen molar-refractivity contribution in [3.05, 3.63) is 66.5 Å². The summed E-state index contributed by atoms with van der Waals surface area (Å²) in [5.41, 5.74) is 1.81. The fraction of sp³-hybridized carbons (Fsp3) is 0.250. The number of hydrogen-bond donors (Lipinski definition) is 1. The van der Waals surface area contributed by atoms with Crippen LogP contribution in [-0.4, -0.2) is 44.7 Å². The number of nitriles is 1. The number of aromatic nitrogens is 4. The van der Waals surface area contributed by atoms with Crippen molar-refractivity contribution in [1.29, 1.82) is 5.26 Å². The Labute approximate surface area is 189 Å². The van der Waals surface area contributed by atoms with Crippen molar-refractivity contribution in [2.24, 2.45) is 0 Å². The molecule has 8 heteroatoms. The SMILES string of the molecule is [2H]C([2H])([2H])[C@@H]1CN(c2ncnc3c2c(-c2ccccc2F)cn3-c2cc(C#N)ccn2)[C@@H](C)CN1. The Bertz CT molecular complexity index is 1440. The minimum absolute atomic E-state index is 0.0661. The first-order valence-electron chi connectivity index (χ1n) is 11.8. The van der Waals surface area contributed by atoms with Gasteiger partial charge < -0.3 is 10.2 Å². The van der Waals surface area contributed by atoms with Crippen LogP contribution >= 0.6 is 0 Å². The number of nitrogens with one attached hydrogen (secondary N) is 1. The van der Waals surface area contributed by atoms with Crippen molar-refractivity contribution < 1.29 is 8.50 Å². The van der Waals surface area contributed by atoms with Crippen molar-refractivity contribution in [2.75, 3.05) is 18.0 Å². The predicted molar refractivity (Wildman–Crippen MR) is 121 cm³/mol. The van der Waals surface area contributed by atoms with Crippen molar-refractivity contribution in [3.63, 3.8) is 0 Å². The standard InChI is InChI=1S/C24H22FN7/c1-15-12-31(16(2)11-28-15)23-22-19(18-5-3-4-6-20(18)25)13-32(24(22)30-14-29-23)21-9-17(10-26)7-8-27-21/h3-9,13-16,28H,11-12H2,1-2H3/t15-,16+/m1/s1/i1D3. The normalized spacial score (nSPS) is 20.4. The molecule has 3 aromatic heterocycles. The van der Waals surface area contributed by atoms with Crippen LogP contribution in [0.3, 0.4) is 0 Å². The van der Waals surface area contributed by atoms with E-state index >= 15 is 0 Å². The number of nitrogens with zero attached hydrogens (tertiary/aromatic N) is 6. The monoisotopic (exact) mass is 430 g/mol. The molecule has 4 heterocycles. The maximum atomic E-state index is 15.0. The van der Waals surface area contributed by atoms with E-state index in [2.05, 4.69) is 26.3 Å². The van der Waals surface area contributed by atoms with Gasteiger partial charge in [0.1, 0.15) is 23.8 Å². The zero-order valence-corrected chi connectivity index (χ0v) is 17.3. The van der Waals surface area contributed by atoms with Gasteiger partial charge in [0.05, 0.1) is 17.0 Å². The molecule has 0 unspecified atom stereocenters. The van der Waals surface area contributed by atoms with Gasteiger partial charge in [0.25, 0.3) is 0 Å². The summed E-state index contributed by atoms with van der Waals surface area (Å²) >= 11 is 0. The van der Waals surface area contributed by atoms with E-state index in [0.29, 0.717) is 45.9 Å². The van der Waals surface area contributed by atoms with Gasteiger partial charge in [0.2, 0.25) is 0 Å². The first-order chi connectivity index (χ1) is 16.8. The van der Waals surface area contributed by atoms with E-state index in [1.165, 1.54) is 18.6 Å². The lowest BCUT2D eigenvalue weighted by Gasteiger charge is -2.38. The van der Waals surface area contributed by atoms with Crippen LogP contribution in [0.2, 0.25) is 0 Å². The van der Waals surface area contributed by atoms with Crippen LogP contribution in [0.4, 0.5) is 10.2 Å². The summed E-state index contributed by atoms with van der Waals surface area (Å²) in [5, 5.41) is 13.0. The molecular formula is C24H22FN7. The van der Waals surface area contributed by atoms with Gasteiger partial charge in [-0.05, 0) is 32.0 Å². The molecule has 32 heavy (non-hydrogen) atoms. The van der Waals surface area contributed by atoms with Crippen LogP contribution in [0.5, 0.6) is 0 Å². The summed E-state index contributed by atoms with van der Waals surface area (Å²) in [6, 6.07) is 11.0. The second kappa shape index (κ2) is 8.02. The Morgan fingerprint density at radius 2 is 2.09 bits per heavy atom. The molecule has 1 saturated heterocycles. The van der Waals surface area contributed by atoms with Crippen LogP contribution < -0.4 is 10.2 Å². The molecule has 1 aromatic carbocycles. The minimum atomic E-state index is -2.19. The van der Waals surface area contributed by atoms with E-state index in [0.717, 1.165) is 0 Å². The topological polar surface area (TPSA) is 82.7 Å². The molecule has 5 rings (SSSR count). The maximum Gasteiger partial charge on any atom is 0.151 e. The number of fused-ring (bicyclic) bond motifs is 1. The number of benzene rings is 1. The first kappa shape index (κ1) is 16.8. The highest BCUT2D eigenvalue weighted by Gasteiger charge is 2.28. The average molecular weight is 431 g/mol. The molecule has 0 bridgehead atoms. The summed E-state index contributed by atoms with van der Waals surface area (Å²) < 4.78 is 40.4. The lowest BCUT2D eigenvalue weighted by molar-refractivity contribution is 0.423. The predicted octanol–water partition coefficient (Wildman–Crippen LogP) is 3.68. The van der Waals surface area contributed by atoms with Gasteiger partial charge in [0, 0.05) is 52.8 Å². The van der Waals surface area contributed by atoms with Gasteiger partial charge >= 0.3 is 0 Å². The van der Waals surface area contributed by atoms with Gasteiger partial charge in [0.15, 0.2) is 5.65 Å². The molecule has 1 aliphatic heterocycles. The van der Waals surface area contributed by atoms with Gasteiger partial charge in [-0.3, -0.25) is 4.57 Å². The molecule has 1 aliphatic rings. The molecule has 160 valence electrons. The van der Waals surface area contributed by atoms with Crippen molar-refractivity contribution in [3.8, 4) is 23.0 Å². The van der Waals surface area contributed by atoms with Crippen molar-refractivity contribution >= 4 is 16.9 Å². The summed E-state index contributed by atoms with van der Waals surface area (Å²) in [5.74, 6) is 0.565. The Morgan fingerprint density at radius 1 is 1.22 bits per heavy atom. The average Bonchev–Trinajstić information content (AvgIpc) is 3.24. The molecule has 2 atom stereocenters. The van der Waals surface area contributed by atoms with E-state index < -0.39 is 18.7 Å². The number of hydrogen-bond acceptors (Lipinski definition) is 6. The third-order valence-electron chi connectivity index (χ3n) is 5.69. The quantitative estimate of drug-likeness (QED) is 0.534. The van der Waals surface area contributed by atoms with E-state index in [4.69, 9.17) is 4.11 Å². The number of pyridine rings is 1. The number of rotatable bonds is 3. The first-order valence-corrected chi connectivity index (χ1v) is 10.3. The van der Waals surface area contributed by atoms with Crippen LogP contribution in [0, 0.1) is 17.1 Å². The van der Waals surface area contributed by atoms with Crippen LogP contribution in [0.25, 0.3) is 28.0 Å². The third-order valence-corrected chi connectivity index (χ3v) is 5.69. The zero-order valence-electron chi connectivity index (χ0n) is 20.3. The Morgan fingerprint density at radius 3 is 2.91 bits per heavy atom. The molecular weight excluding hydrogens is 405 g/mol. The smallest absolute Gasteiger partial charge is 0.151 e. The molecule has 7 nitrogen and oxygen atoms in total. The molecule has 0 spiro atoms.